The molecule has 182 valence electrons. The number of carbonyl (C=O) groups is 2. The monoisotopic (exact) mass is 476 g/mol. The molecule has 0 radical (unpaired) electrons. The largest absolute Gasteiger partial charge is 0.483 e. The Bertz CT molecular complexity index is 696. The van der Waals surface area contributed by atoms with Gasteiger partial charge in [-0.3, -0.25) is 14.5 Å². The van der Waals surface area contributed by atoms with E-state index in [2.05, 4.69) is 9.88 Å². The SMILES string of the molecule is COCCC(=O)CC1CCC(CCN2CCc3sc(OCC(F)F)nc3C2)CC1.O=CO. The van der Waals surface area contributed by atoms with E-state index in [9.17, 15) is 13.6 Å². The number of hydrogen-bond donors (Lipinski definition) is 1. The molecular formula is C22H34F2N2O5S. The van der Waals surface area contributed by atoms with E-state index < -0.39 is 13.0 Å². The summed E-state index contributed by atoms with van der Waals surface area (Å²) in [5, 5.41) is 7.26. The number of halogens is 2. The van der Waals surface area contributed by atoms with Crippen LogP contribution < -0.4 is 4.74 Å². The third-order valence-corrected chi connectivity index (χ3v) is 7.11. The van der Waals surface area contributed by atoms with Crippen LogP contribution >= 0.6 is 11.3 Å². The molecule has 2 heterocycles. The van der Waals surface area contributed by atoms with Crippen molar-refractivity contribution >= 4 is 23.6 Å². The Balaban J connectivity index is 0.00000114. The van der Waals surface area contributed by atoms with Gasteiger partial charge in [-0.25, -0.2) is 13.8 Å². The number of Topliss-reactive ketones (excluding diaryl/α,β-unsaturated/α-hetero) is 1. The van der Waals surface area contributed by atoms with E-state index in [4.69, 9.17) is 19.4 Å². The van der Waals surface area contributed by atoms with Crippen LogP contribution in [0.5, 0.6) is 5.19 Å². The van der Waals surface area contributed by atoms with Crippen molar-refractivity contribution in [3.63, 3.8) is 0 Å². The first-order valence-electron chi connectivity index (χ1n) is 11.2. The fraction of sp³-hybridized carbons (Fsp3) is 0.773. The molecule has 0 atom stereocenters. The fourth-order valence-corrected chi connectivity index (χ4v) is 5.26. The highest BCUT2D eigenvalue weighted by Crippen LogP contribution is 2.34. The number of rotatable bonds is 11. The van der Waals surface area contributed by atoms with Crippen LogP contribution in [-0.4, -0.2) is 67.1 Å². The van der Waals surface area contributed by atoms with E-state index in [-0.39, 0.29) is 6.47 Å². The van der Waals surface area contributed by atoms with Crippen LogP contribution in [0.1, 0.15) is 55.5 Å². The number of methoxy groups -OCH3 is 1. The first kappa shape index (κ1) is 26.6. The van der Waals surface area contributed by atoms with Gasteiger partial charge >= 0.3 is 0 Å². The first-order chi connectivity index (χ1) is 15.4. The highest BCUT2D eigenvalue weighted by Gasteiger charge is 2.25. The van der Waals surface area contributed by atoms with Gasteiger partial charge in [-0.2, -0.15) is 0 Å². The Morgan fingerprint density at radius 3 is 2.66 bits per heavy atom. The number of alkyl halides is 2. The minimum Gasteiger partial charge on any atom is -0.483 e. The Morgan fingerprint density at radius 1 is 1.31 bits per heavy atom. The first-order valence-corrected chi connectivity index (χ1v) is 12.0. The van der Waals surface area contributed by atoms with Crippen LogP contribution in [0.3, 0.4) is 0 Å². The lowest BCUT2D eigenvalue weighted by molar-refractivity contribution is -0.123. The highest BCUT2D eigenvalue weighted by molar-refractivity contribution is 7.13. The van der Waals surface area contributed by atoms with Crippen LogP contribution in [0, 0.1) is 11.8 Å². The average Bonchev–Trinajstić information content (AvgIpc) is 3.18. The smallest absolute Gasteiger partial charge is 0.290 e. The maximum atomic E-state index is 12.3. The van der Waals surface area contributed by atoms with Crippen molar-refractivity contribution in [2.45, 2.75) is 64.3 Å². The van der Waals surface area contributed by atoms with Crippen LogP contribution in [0.25, 0.3) is 0 Å². The van der Waals surface area contributed by atoms with Gasteiger partial charge in [0.15, 0.2) is 6.61 Å². The molecule has 0 spiro atoms. The van der Waals surface area contributed by atoms with Crippen molar-refractivity contribution in [1.29, 1.82) is 0 Å². The molecule has 1 aromatic heterocycles. The van der Waals surface area contributed by atoms with Crippen molar-refractivity contribution in [1.82, 2.24) is 9.88 Å². The molecule has 0 aromatic carbocycles. The third-order valence-electron chi connectivity index (χ3n) is 6.04. The lowest BCUT2D eigenvalue weighted by Gasteiger charge is -2.31. The second-order valence-corrected chi connectivity index (χ2v) is 9.39. The number of aromatic nitrogens is 1. The van der Waals surface area contributed by atoms with Crippen molar-refractivity contribution < 1.29 is 33.0 Å². The topological polar surface area (TPSA) is 89.0 Å². The van der Waals surface area contributed by atoms with Crippen LogP contribution in [0.15, 0.2) is 0 Å². The van der Waals surface area contributed by atoms with E-state index in [1.807, 2.05) is 0 Å². The van der Waals surface area contributed by atoms with Crippen molar-refractivity contribution in [3.8, 4) is 5.19 Å². The number of carbonyl (C=O) groups excluding carboxylic acids is 1. The molecule has 2 aliphatic rings. The molecule has 0 bridgehead atoms. The summed E-state index contributed by atoms with van der Waals surface area (Å²) in [6, 6.07) is 0. The molecule has 0 saturated heterocycles. The maximum Gasteiger partial charge on any atom is 0.290 e. The Kier molecular flexibility index (Phi) is 12.0. The Labute approximate surface area is 192 Å². The third kappa shape index (κ3) is 9.46. The fourth-order valence-electron chi connectivity index (χ4n) is 4.35. The van der Waals surface area contributed by atoms with E-state index in [0.29, 0.717) is 36.3 Å². The molecule has 0 unspecified atom stereocenters. The summed E-state index contributed by atoms with van der Waals surface area (Å²) < 4.78 is 34.7. The van der Waals surface area contributed by atoms with Crippen molar-refractivity contribution in [2.24, 2.45) is 11.8 Å². The average molecular weight is 477 g/mol. The molecule has 1 aromatic rings. The van der Waals surface area contributed by atoms with Crippen LogP contribution in [-0.2, 0) is 27.3 Å². The summed E-state index contributed by atoms with van der Waals surface area (Å²) in [5.41, 5.74) is 0.990. The van der Waals surface area contributed by atoms with Crippen molar-refractivity contribution in [2.75, 3.05) is 33.4 Å². The molecule has 1 saturated carbocycles. The quantitative estimate of drug-likeness (QED) is 0.482. The number of carboxylic acid groups (broad SMARTS) is 1. The molecule has 32 heavy (non-hydrogen) atoms. The summed E-state index contributed by atoms with van der Waals surface area (Å²) in [6.07, 6.45) is 5.62. The number of fused-ring (bicyclic) bond motifs is 1. The maximum absolute atomic E-state index is 12.3. The second kappa shape index (κ2) is 14.5. The molecule has 10 heteroatoms. The van der Waals surface area contributed by atoms with Crippen molar-refractivity contribution in [3.05, 3.63) is 10.6 Å². The predicted molar refractivity (Wildman–Crippen MR) is 117 cm³/mol. The van der Waals surface area contributed by atoms with E-state index in [0.717, 1.165) is 50.5 Å². The molecule has 1 N–H and O–H groups in total. The lowest BCUT2D eigenvalue weighted by Crippen LogP contribution is -2.32. The molecule has 0 amide bonds. The number of ketones is 1. The zero-order valence-electron chi connectivity index (χ0n) is 18.6. The van der Waals surface area contributed by atoms with Gasteiger partial charge in [0.2, 0.25) is 0 Å². The van der Waals surface area contributed by atoms with E-state index >= 15 is 0 Å². The summed E-state index contributed by atoms with van der Waals surface area (Å²) >= 11 is 1.41. The molecule has 1 fully saturated rings. The summed E-state index contributed by atoms with van der Waals surface area (Å²) in [4.78, 5) is 28.3. The summed E-state index contributed by atoms with van der Waals surface area (Å²) in [5.74, 6) is 1.62. The number of nitrogens with zero attached hydrogens (tertiary/aromatic N) is 2. The van der Waals surface area contributed by atoms with Gasteiger partial charge in [-0.05, 0) is 44.1 Å². The van der Waals surface area contributed by atoms with Gasteiger partial charge in [0.25, 0.3) is 18.1 Å². The van der Waals surface area contributed by atoms with Gasteiger partial charge in [-0.1, -0.05) is 24.2 Å². The van der Waals surface area contributed by atoms with Crippen LogP contribution in [0.4, 0.5) is 8.78 Å². The predicted octanol–water partition coefficient (Wildman–Crippen LogP) is 4.04. The van der Waals surface area contributed by atoms with Gasteiger partial charge in [-0.15, -0.1) is 0 Å². The number of thiazole rings is 1. The summed E-state index contributed by atoms with van der Waals surface area (Å²) in [7, 11) is 1.64. The molecule has 1 aliphatic heterocycles. The lowest BCUT2D eigenvalue weighted by atomic mass is 9.78. The molecule has 3 rings (SSSR count). The Morgan fingerprint density at radius 2 is 2.00 bits per heavy atom. The normalized spacial score (nSPS) is 20.9. The zero-order valence-corrected chi connectivity index (χ0v) is 19.5. The minimum absolute atomic E-state index is 0.250. The Hall–Kier alpha value is -1.65. The van der Waals surface area contributed by atoms with Crippen LogP contribution in [0.2, 0.25) is 0 Å². The number of ether oxygens (including phenoxy) is 2. The summed E-state index contributed by atoms with van der Waals surface area (Å²) in [6.45, 7) is 2.52. The van der Waals surface area contributed by atoms with Gasteiger partial charge in [0.1, 0.15) is 5.78 Å². The standard InChI is InChI=1S/C21H32F2N2O3S.CH2O2/c1-27-11-8-17(26)12-16-4-2-15(3-5-16)6-9-25-10-7-19-18(13-25)24-21(29-19)28-14-20(22)23;2-1-3/h15-16,20H,2-14H2,1H3;1H,(H,2,3). The molecular weight excluding hydrogens is 442 g/mol. The van der Waals surface area contributed by atoms with E-state index in [1.165, 1.54) is 35.5 Å². The van der Waals surface area contributed by atoms with Gasteiger partial charge < -0.3 is 14.6 Å². The minimum atomic E-state index is -2.47. The second-order valence-electron chi connectivity index (χ2n) is 8.34. The zero-order chi connectivity index (χ0) is 23.3. The highest BCUT2D eigenvalue weighted by atomic mass is 32.1. The van der Waals surface area contributed by atoms with Gasteiger partial charge in [0, 0.05) is 37.9 Å². The van der Waals surface area contributed by atoms with Gasteiger partial charge in [0.05, 0.1) is 12.3 Å². The van der Waals surface area contributed by atoms with E-state index in [1.54, 1.807) is 7.11 Å². The number of hydrogen-bond acceptors (Lipinski definition) is 7. The molecule has 1 aliphatic carbocycles. The molecule has 7 nitrogen and oxygen atoms in total.